The molecule has 18 rings (SSSR count). The maximum Gasteiger partial charge on any atom is 0.409 e. The van der Waals surface area contributed by atoms with Crippen LogP contribution in [0.4, 0.5) is 59.1 Å². The van der Waals surface area contributed by atoms with Crippen LogP contribution in [0.5, 0.6) is 46.0 Å². The molecular weight excluding hydrogens is 1840 g/mol. The van der Waals surface area contributed by atoms with Gasteiger partial charge in [0.05, 0.1) is 204 Å². The lowest BCUT2D eigenvalue weighted by atomic mass is 9.70. The second kappa shape index (κ2) is 45.2. The molecule has 1 amide bonds. The molecular formula is C103H117F2N23O13S. The van der Waals surface area contributed by atoms with Crippen LogP contribution in [0, 0.1) is 5.41 Å². The van der Waals surface area contributed by atoms with Crippen molar-refractivity contribution in [1.82, 2.24) is 93.9 Å². The molecule has 1 saturated carbocycles. The van der Waals surface area contributed by atoms with Crippen molar-refractivity contribution in [1.29, 1.82) is 0 Å². The van der Waals surface area contributed by atoms with Gasteiger partial charge in [0.25, 0.3) is 5.92 Å². The number of anilines is 8. The van der Waals surface area contributed by atoms with E-state index in [2.05, 4.69) is 91.4 Å². The highest BCUT2D eigenvalue weighted by Gasteiger charge is 2.35. The van der Waals surface area contributed by atoms with E-state index in [-0.39, 0.29) is 31.1 Å². The van der Waals surface area contributed by atoms with Gasteiger partial charge in [-0.15, -0.1) is 0 Å². The molecule has 9 heterocycles. The first-order valence-electron chi connectivity index (χ1n) is 46.1. The Bertz CT molecular complexity index is 7110. The van der Waals surface area contributed by atoms with E-state index in [1.807, 2.05) is 178 Å². The van der Waals surface area contributed by atoms with Crippen LogP contribution in [0.1, 0.15) is 53.4 Å². The predicted molar refractivity (Wildman–Crippen MR) is 544 cm³/mol. The Balaban J connectivity index is 0.000000143. The van der Waals surface area contributed by atoms with Crippen molar-refractivity contribution in [2.24, 2.45) is 33.6 Å². The monoisotopic (exact) mass is 1950 g/mol. The first-order chi connectivity index (χ1) is 68.3. The van der Waals surface area contributed by atoms with E-state index >= 15 is 0 Å². The number of nitrogens with zero attached hydrogens (tertiary/aromatic N) is 21. The lowest BCUT2D eigenvalue weighted by molar-refractivity contribution is 0.0199. The van der Waals surface area contributed by atoms with Crippen molar-refractivity contribution in [2.75, 3.05) is 142 Å². The maximum atomic E-state index is 13.2. The second-order valence-corrected chi connectivity index (χ2v) is 37.4. The van der Waals surface area contributed by atoms with E-state index in [0.717, 1.165) is 132 Å². The number of nitrogens with one attached hydrogen (secondary N) is 2. The van der Waals surface area contributed by atoms with Gasteiger partial charge in [0.15, 0.2) is 0 Å². The minimum absolute atomic E-state index is 0.0143. The molecule has 8 aromatic carbocycles. The number of aromatic nitrogens is 16. The molecule has 8 aromatic heterocycles. The number of fused-ring (bicyclic) bond motifs is 4. The Labute approximate surface area is 822 Å². The number of carbonyl (C=O) groups is 1. The number of methoxy groups -OCH3 is 8. The minimum atomic E-state index is -3.41. The summed E-state index contributed by atoms with van der Waals surface area (Å²) < 4.78 is 110. The topological polar surface area (TPSA) is 369 Å². The number of rotatable bonds is 37. The average molecular weight is 1960 g/mol. The van der Waals surface area contributed by atoms with Gasteiger partial charge >= 0.3 is 6.09 Å². The molecule has 1 unspecified atom stereocenters. The number of alkyl halides is 2. The molecule has 142 heavy (non-hydrogen) atoms. The van der Waals surface area contributed by atoms with Gasteiger partial charge in [-0.05, 0) is 111 Å². The van der Waals surface area contributed by atoms with Crippen LogP contribution in [0.3, 0.4) is 0 Å². The molecule has 3 N–H and O–H groups in total. The molecule has 2 fully saturated rings. The lowest BCUT2D eigenvalue weighted by Gasteiger charge is -2.43. The summed E-state index contributed by atoms with van der Waals surface area (Å²) in [6.07, 6.45) is 24.9. The van der Waals surface area contributed by atoms with Gasteiger partial charge in [-0.25, -0.2) is 46.7 Å². The van der Waals surface area contributed by atoms with Gasteiger partial charge in [-0.2, -0.15) is 20.4 Å². The fourth-order valence-corrected chi connectivity index (χ4v) is 17.0. The SMILES string of the molecule is COc1cc(OC)cc(N(CC(O)CNCC(C)(F)F)c2ccc3ncc(-c4cnn(C)c4)nc3c2)c1.COc1cc(OC)cc(N(CC2(C)CCC2)c2ccc3ncc(-c4cnn(C)c4)nc3c2)c1.COc1cc(OC)cc(N(CCCN2CCOC2=O)c2ccc3ncc(-c4cnn(C)c4)nc3c2)c1.COc1cc(OC)cc(N(CCNS(=O)(=O)C(C)C)c2ccc3ncc(-c4cnn(C)c4)nc3c2)c1. The van der Waals surface area contributed by atoms with Gasteiger partial charge in [0, 0.05) is 240 Å². The zero-order chi connectivity index (χ0) is 101. The third-order valence-corrected chi connectivity index (χ3v) is 26.0. The molecule has 1 atom stereocenters. The third-order valence-electron chi connectivity index (χ3n) is 24.2. The molecule has 16 aromatic rings. The lowest BCUT2D eigenvalue weighted by Crippen LogP contribution is -2.40. The molecule has 36 nitrogen and oxygen atoms in total. The van der Waals surface area contributed by atoms with Crippen LogP contribution in [-0.2, 0) is 43.0 Å². The summed E-state index contributed by atoms with van der Waals surface area (Å²) in [5.74, 6) is 2.43. The number of carbonyl (C=O) groups excluding carboxylic acids is 1. The van der Waals surface area contributed by atoms with Crippen molar-refractivity contribution in [3.8, 4) is 91.0 Å². The van der Waals surface area contributed by atoms with Gasteiger partial charge in [-0.1, -0.05) is 13.3 Å². The number of hydrogen-bond acceptors (Lipinski definition) is 30. The number of amides is 1. The molecule has 1 aliphatic carbocycles. The summed E-state index contributed by atoms with van der Waals surface area (Å²) in [4.78, 5) is 59.7. The van der Waals surface area contributed by atoms with E-state index in [1.165, 1.54) is 19.3 Å². The summed E-state index contributed by atoms with van der Waals surface area (Å²) in [5, 5.41) is 29.8. The van der Waals surface area contributed by atoms with E-state index in [4.69, 9.17) is 62.6 Å². The predicted octanol–water partition coefficient (Wildman–Crippen LogP) is 16.7. The fourth-order valence-electron chi connectivity index (χ4n) is 16.3. The Hall–Kier alpha value is -15.5. The van der Waals surface area contributed by atoms with E-state index in [0.29, 0.717) is 101 Å². The van der Waals surface area contributed by atoms with Crippen LogP contribution in [-0.4, -0.2) is 243 Å². The highest BCUT2D eigenvalue weighted by atomic mass is 32.2. The molecule has 2 aliphatic rings. The van der Waals surface area contributed by atoms with Crippen molar-refractivity contribution >= 4 is 106 Å². The molecule has 742 valence electrons. The van der Waals surface area contributed by atoms with E-state index in [9.17, 15) is 27.1 Å². The Morgan fingerprint density at radius 3 is 1.07 bits per heavy atom. The number of aliphatic hydroxyl groups is 1. The smallest absolute Gasteiger partial charge is 0.409 e. The van der Waals surface area contributed by atoms with Crippen LogP contribution in [0.15, 0.2) is 220 Å². The number of hydrogen-bond donors (Lipinski definition) is 3. The summed E-state index contributed by atoms with van der Waals surface area (Å²) in [7, 11) is 17.0. The van der Waals surface area contributed by atoms with E-state index in [1.54, 1.807) is 150 Å². The number of benzene rings is 8. The van der Waals surface area contributed by atoms with Crippen molar-refractivity contribution in [2.45, 2.75) is 70.7 Å². The fraction of sp³-hybridized carbons (Fsp3) is 0.330. The van der Waals surface area contributed by atoms with E-state index < -0.39 is 33.8 Å². The second-order valence-electron chi connectivity index (χ2n) is 35.1. The van der Waals surface area contributed by atoms with Gasteiger partial charge in [0.1, 0.15) is 52.6 Å². The van der Waals surface area contributed by atoms with Gasteiger partial charge in [-0.3, -0.25) is 38.7 Å². The van der Waals surface area contributed by atoms with Crippen LogP contribution in [0.2, 0.25) is 0 Å². The van der Waals surface area contributed by atoms with Crippen LogP contribution >= 0.6 is 0 Å². The quantitative estimate of drug-likeness (QED) is 0.0325. The Morgan fingerprint density at radius 1 is 0.451 bits per heavy atom. The normalized spacial score (nSPS) is 13.0. The zero-order valence-electron chi connectivity index (χ0n) is 82.2. The number of aliphatic hydroxyl groups excluding tert-OH is 1. The summed E-state index contributed by atoms with van der Waals surface area (Å²) in [6.45, 7) is 9.86. The Kier molecular flexibility index (Phi) is 32.1. The highest BCUT2D eigenvalue weighted by Crippen LogP contribution is 2.46. The zero-order valence-corrected chi connectivity index (χ0v) is 83.1. The minimum Gasteiger partial charge on any atom is -0.497 e. The maximum absolute atomic E-state index is 13.2. The van der Waals surface area contributed by atoms with Crippen molar-refractivity contribution in [3.05, 3.63) is 220 Å². The third kappa shape index (κ3) is 25.4. The number of halogens is 2. The van der Waals surface area contributed by atoms with Gasteiger partial charge < -0.3 is 77.6 Å². The molecule has 1 aliphatic heterocycles. The summed E-state index contributed by atoms with van der Waals surface area (Å²) >= 11 is 0. The largest absolute Gasteiger partial charge is 0.497 e. The average Bonchev–Trinajstić information content (AvgIpc) is 0.863. The standard InChI is InChI=1S/C26H30F2N6O3.C26H28N6O4.C26H29N5O2.C25H30N6O4S/c1-26(27,28)16-29-12-20(35)15-34(19-7-21(36-3)10-22(8-19)37-4)18-5-6-23-24(9-18)32-25(13-30-23)17-11-31-33(2)14-17;1-30-17-18(15-28-30)25-16-27-23-6-5-19(13-24(23)29-25)32(8-4-7-31-9-10-36-26(31)33)20-11-21(34-2)14-22(12-20)35-3;1-26(8-5-9-26)17-31(20-10-21(32-3)13-22(11-20)33-4)19-6-7-23-24(12-19)29-25(15-27-23)18-14-28-30(2)16-18;1-17(2)36(32,33)28-8-9-31(20-10-21(34-4)13-22(11-20)35-5)19-6-7-23-24(12-19)29-25(15-26-23)18-14-27-30(3)16-18/h5-11,13-14,20,29,35H,12,15-16H2,1-4H3;5-6,11-17H,4,7-10H2,1-3H3;6-7,10-16H,5,8-9,17H2,1-4H3;6-7,10-17,28H,8-9H2,1-5H3. The number of aryl methyl sites for hydroxylation is 4. The first-order valence-corrected chi connectivity index (χ1v) is 47.6. The molecule has 0 radical (unpaired) electrons. The summed E-state index contributed by atoms with van der Waals surface area (Å²) in [6, 6.07) is 46.4. The van der Waals surface area contributed by atoms with Crippen LogP contribution < -0.4 is 67.5 Å². The van der Waals surface area contributed by atoms with Crippen LogP contribution in [0.25, 0.3) is 89.2 Å². The number of cyclic esters (lactones) is 1. The number of sulfonamides is 1. The van der Waals surface area contributed by atoms with Crippen molar-refractivity contribution < 1.29 is 69.7 Å². The first kappa shape index (κ1) is 101. The van der Waals surface area contributed by atoms with Crippen molar-refractivity contribution in [3.63, 3.8) is 0 Å². The number of ether oxygens (including phenoxy) is 9. The molecule has 0 bridgehead atoms. The molecule has 39 heteroatoms. The van der Waals surface area contributed by atoms with Gasteiger partial charge in [0.2, 0.25) is 10.0 Å². The molecule has 0 spiro atoms. The highest BCUT2D eigenvalue weighted by molar-refractivity contribution is 7.90. The Morgan fingerprint density at radius 2 is 0.775 bits per heavy atom. The molecule has 1 saturated heterocycles. The summed E-state index contributed by atoms with van der Waals surface area (Å²) in [5.41, 5.74) is 19.9.